The maximum absolute atomic E-state index is 14.3. The highest BCUT2D eigenvalue weighted by Gasteiger charge is 2.68. The number of carbonyl (C=O) groups excluding carboxylic acids is 3. The summed E-state index contributed by atoms with van der Waals surface area (Å²) in [4.78, 5) is 40.4. The monoisotopic (exact) mass is 651 g/mol. The van der Waals surface area contributed by atoms with Crippen molar-refractivity contribution in [3.05, 3.63) is 66.5 Å². The maximum Gasteiger partial charge on any atom is 0.488 e. The quantitative estimate of drug-likeness (QED) is 0.139. The van der Waals surface area contributed by atoms with Gasteiger partial charge in [-0.25, -0.2) is 4.39 Å². The molecule has 3 fully saturated rings. The molecule has 0 aliphatic heterocycles. The molecule has 0 aromatic heterocycles. The van der Waals surface area contributed by atoms with Crippen molar-refractivity contribution in [2.24, 2.45) is 34.0 Å². The van der Waals surface area contributed by atoms with Gasteiger partial charge in [-0.3, -0.25) is 14.4 Å². The summed E-state index contributed by atoms with van der Waals surface area (Å²) in [6, 6.07) is 10.1. The number of rotatable bonds is 8. The summed E-state index contributed by atoms with van der Waals surface area (Å²) in [5.41, 5.74) is -1.51. The van der Waals surface area contributed by atoms with Crippen molar-refractivity contribution >= 4 is 47.7 Å². The molecule has 8 atom stereocenters. The van der Waals surface area contributed by atoms with Crippen molar-refractivity contribution in [1.82, 2.24) is 0 Å². The largest absolute Gasteiger partial charge is 0.488 e. The van der Waals surface area contributed by atoms with Gasteiger partial charge in [0, 0.05) is 33.8 Å². The second-order valence-corrected chi connectivity index (χ2v) is 15.0. The highest BCUT2D eigenvalue weighted by Crippen LogP contribution is 2.68. The number of anilines is 1. The molecule has 3 aliphatic carbocycles. The number of hydrogen-bond acceptors (Lipinski definition) is 8. The van der Waals surface area contributed by atoms with Crippen molar-refractivity contribution in [2.45, 2.75) is 76.9 Å². The van der Waals surface area contributed by atoms with Gasteiger partial charge in [-0.05, 0) is 84.8 Å². The van der Waals surface area contributed by atoms with E-state index < -0.39 is 47.9 Å². The fraction of sp³-hybridized carbons (Fsp3) is 0.514. The molecule has 8 nitrogen and oxygen atoms in total. The Balaban J connectivity index is 1.28. The van der Waals surface area contributed by atoms with Gasteiger partial charge in [-0.15, -0.1) is 18.3 Å². The van der Waals surface area contributed by atoms with Crippen LogP contribution in [0, 0.1) is 39.8 Å². The molecule has 4 N–H and O–H groups in total. The number of halogens is 1. The second kappa shape index (κ2) is 12.9. The maximum atomic E-state index is 14.3. The topological polar surface area (TPSA) is 133 Å². The number of aliphatic hydroxyl groups is 1. The lowest BCUT2D eigenvalue weighted by molar-refractivity contribution is -0.205. The van der Waals surface area contributed by atoms with Crippen LogP contribution in [0.15, 0.2) is 60.0 Å². The Labute approximate surface area is 274 Å². The summed E-state index contributed by atoms with van der Waals surface area (Å²) in [5.74, 6) is -2.00. The average molecular weight is 652 g/mol. The van der Waals surface area contributed by atoms with Gasteiger partial charge in [0.15, 0.2) is 0 Å². The molecule has 1 amide bonds. The number of aliphatic hydroxyl groups excluding tert-OH is 1. The molecule has 2 aromatic rings. The van der Waals surface area contributed by atoms with Crippen LogP contribution in [-0.2, 0) is 14.3 Å². The lowest BCUT2D eigenvalue weighted by Gasteiger charge is -2.61. The van der Waals surface area contributed by atoms with Crippen molar-refractivity contribution in [3.63, 3.8) is 0 Å². The third-order valence-corrected chi connectivity index (χ3v) is 12.6. The fourth-order valence-corrected chi connectivity index (χ4v) is 9.23. The minimum Gasteiger partial charge on any atom is -0.461 e. The SMILES string of the molecule is C=C[C@]1(C)C[C@@H](OC(=O)CSc2ccc(NC(=O)c3ccc(B(O)O)cc3F)cc2)[C@]2(C)[C@H](C)CC[C@]3(CCC(=O)[C@H]32)[C@@H](C)[C@@H]1O. The number of nitrogens with one attached hydrogen (secondary N) is 1. The molecular weight excluding hydrogens is 608 g/mol. The predicted molar refractivity (Wildman–Crippen MR) is 176 cm³/mol. The van der Waals surface area contributed by atoms with Crippen molar-refractivity contribution in [1.29, 1.82) is 0 Å². The molecule has 0 saturated heterocycles. The van der Waals surface area contributed by atoms with Crippen LogP contribution in [0.2, 0.25) is 0 Å². The van der Waals surface area contributed by atoms with Crippen LogP contribution in [0.5, 0.6) is 0 Å². The van der Waals surface area contributed by atoms with Gasteiger partial charge in [0.25, 0.3) is 5.91 Å². The van der Waals surface area contributed by atoms with Crippen LogP contribution < -0.4 is 10.8 Å². The Morgan fingerprint density at radius 1 is 1.15 bits per heavy atom. The van der Waals surface area contributed by atoms with Gasteiger partial charge in [0.05, 0.1) is 17.4 Å². The van der Waals surface area contributed by atoms with E-state index in [4.69, 9.17) is 4.74 Å². The lowest BCUT2D eigenvalue weighted by atomic mass is 9.44. The van der Waals surface area contributed by atoms with Crippen LogP contribution in [0.25, 0.3) is 0 Å². The van der Waals surface area contributed by atoms with E-state index in [1.54, 1.807) is 30.3 Å². The first-order valence-corrected chi connectivity index (χ1v) is 16.9. The number of Topliss-reactive ketones (excluding diaryl/α,β-unsaturated/α-hetero) is 1. The van der Waals surface area contributed by atoms with E-state index in [9.17, 15) is 33.9 Å². The van der Waals surface area contributed by atoms with E-state index in [1.807, 2.05) is 6.92 Å². The Morgan fingerprint density at radius 2 is 1.85 bits per heavy atom. The third-order valence-electron chi connectivity index (χ3n) is 11.6. The Kier molecular flexibility index (Phi) is 9.63. The Morgan fingerprint density at radius 3 is 2.48 bits per heavy atom. The molecule has 46 heavy (non-hydrogen) atoms. The first kappa shape index (κ1) is 34.4. The van der Waals surface area contributed by atoms with Gasteiger partial charge in [0.2, 0.25) is 0 Å². The highest BCUT2D eigenvalue weighted by molar-refractivity contribution is 8.00. The molecule has 0 unspecified atom stereocenters. The van der Waals surface area contributed by atoms with Crippen LogP contribution in [0.3, 0.4) is 0 Å². The summed E-state index contributed by atoms with van der Waals surface area (Å²) in [7, 11) is -1.84. The first-order valence-electron chi connectivity index (χ1n) is 15.9. The summed E-state index contributed by atoms with van der Waals surface area (Å²) >= 11 is 1.27. The van der Waals surface area contributed by atoms with Crippen LogP contribution in [0.4, 0.5) is 10.1 Å². The summed E-state index contributed by atoms with van der Waals surface area (Å²) < 4.78 is 20.7. The Bertz CT molecular complexity index is 1520. The van der Waals surface area contributed by atoms with Crippen LogP contribution in [0.1, 0.15) is 70.2 Å². The Hall–Kier alpha value is -2.99. The smallest absolute Gasteiger partial charge is 0.461 e. The van der Waals surface area contributed by atoms with Crippen molar-refractivity contribution in [2.75, 3.05) is 11.1 Å². The molecule has 2 bridgehead atoms. The molecule has 0 heterocycles. The van der Waals surface area contributed by atoms with Gasteiger partial charge in [0.1, 0.15) is 17.7 Å². The van der Waals surface area contributed by atoms with Crippen molar-refractivity contribution in [3.8, 4) is 0 Å². The summed E-state index contributed by atoms with van der Waals surface area (Å²) in [6.07, 6.45) is 3.84. The number of carbonyl (C=O) groups is 3. The minimum atomic E-state index is -1.84. The number of ketones is 1. The first-order chi connectivity index (χ1) is 21.7. The predicted octanol–water partition coefficient (Wildman–Crippen LogP) is 4.76. The molecule has 3 saturated carbocycles. The van der Waals surface area contributed by atoms with Gasteiger partial charge < -0.3 is 25.2 Å². The number of ether oxygens (including phenoxy) is 1. The minimum absolute atomic E-state index is 0.0223. The normalized spacial score (nSPS) is 33.7. The van der Waals surface area contributed by atoms with E-state index in [0.717, 1.165) is 30.2 Å². The standard InChI is InChI=1S/C35H43BFNO7S/c1-6-33(4)18-28(34(5)20(2)13-15-35(21(3)31(33)41)16-14-27(39)30(34)35)45-29(40)19-46-24-10-8-23(9-11-24)38-32(42)25-12-7-22(36(43)44)17-26(25)37/h6-12,17,20-21,28,30-31,41,43-44H,1,13-16,18-19H2,2-5H3,(H,38,42)/t20-,21+,28-,30+,31+,33-,34+,35+/m1/s1. The number of thioether (sulfide) groups is 1. The molecule has 3 aliphatic rings. The number of benzene rings is 2. The van der Waals surface area contributed by atoms with E-state index in [1.165, 1.54) is 23.9 Å². The molecule has 2 aromatic carbocycles. The van der Waals surface area contributed by atoms with E-state index in [2.05, 4.69) is 32.7 Å². The van der Waals surface area contributed by atoms with E-state index >= 15 is 0 Å². The number of hydrogen-bond donors (Lipinski definition) is 4. The molecule has 246 valence electrons. The van der Waals surface area contributed by atoms with Crippen LogP contribution >= 0.6 is 11.8 Å². The third kappa shape index (κ3) is 5.96. The van der Waals surface area contributed by atoms with Crippen molar-refractivity contribution < 1.29 is 38.7 Å². The van der Waals surface area contributed by atoms with E-state index in [0.29, 0.717) is 18.5 Å². The van der Waals surface area contributed by atoms with E-state index in [-0.39, 0.29) is 45.7 Å². The highest BCUT2D eigenvalue weighted by atomic mass is 32.2. The molecule has 0 radical (unpaired) electrons. The number of esters is 1. The zero-order valence-corrected chi connectivity index (χ0v) is 27.6. The lowest BCUT2D eigenvalue weighted by Crippen LogP contribution is -2.63. The summed E-state index contributed by atoms with van der Waals surface area (Å²) in [5, 5.41) is 32.7. The summed E-state index contributed by atoms with van der Waals surface area (Å²) in [6.45, 7) is 12.4. The molecular formula is C35H43BFNO7S. The van der Waals surface area contributed by atoms with Gasteiger partial charge in [-0.2, -0.15) is 0 Å². The average Bonchev–Trinajstić information content (AvgIpc) is 3.38. The molecule has 0 spiro atoms. The second-order valence-electron chi connectivity index (χ2n) is 13.9. The molecule has 5 rings (SSSR count). The van der Waals surface area contributed by atoms with Gasteiger partial charge >= 0.3 is 13.1 Å². The fourth-order valence-electron chi connectivity index (χ4n) is 8.55. The van der Waals surface area contributed by atoms with Crippen LogP contribution in [-0.4, -0.2) is 57.9 Å². The number of amides is 1. The van der Waals surface area contributed by atoms with Gasteiger partial charge in [-0.1, -0.05) is 39.8 Å². The zero-order chi connectivity index (χ0) is 33.6. The molecule has 11 heteroatoms. The zero-order valence-electron chi connectivity index (χ0n) is 26.8.